The summed E-state index contributed by atoms with van der Waals surface area (Å²) in [5.74, 6) is 1.31. The smallest absolute Gasteiger partial charge is 0.161 e. The molecule has 2 rings (SSSR count). The predicted octanol–water partition coefficient (Wildman–Crippen LogP) is 1.82. The van der Waals surface area contributed by atoms with Crippen LogP contribution < -0.4 is 4.90 Å². The molecular weight excluding hydrogens is 238 g/mol. The first-order valence-corrected chi connectivity index (χ1v) is 6.05. The molecule has 1 aliphatic rings. The molecule has 1 aromatic rings. The number of nitriles is 1. The highest BCUT2D eigenvalue weighted by Crippen LogP contribution is 2.25. The summed E-state index contributed by atoms with van der Waals surface area (Å²) >= 11 is 5.84. The molecule has 17 heavy (non-hydrogen) atoms. The molecule has 1 fully saturated rings. The van der Waals surface area contributed by atoms with Crippen LogP contribution in [0.2, 0.25) is 5.02 Å². The molecule has 4 nitrogen and oxygen atoms in total. The molecule has 1 atom stereocenters. The van der Waals surface area contributed by atoms with Crippen LogP contribution in [-0.2, 0) is 0 Å². The number of nitrogens with zero attached hydrogens (tertiary/aromatic N) is 3. The highest BCUT2D eigenvalue weighted by Gasteiger charge is 2.23. The average Bonchev–Trinajstić information content (AvgIpc) is 2.79. The van der Waals surface area contributed by atoms with Crippen LogP contribution in [0.25, 0.3) is 0 Å². The maximum Gasteiger partial charge on any atom is 0.161 e. The van der Waals surface area contributed by atoms with E-state index in [-0.39, 0.29) is 12.3 Å². The number of halogens is 1. The van der Waals surface area contributed by atoms with E-state index in [1.54, 1.807) is 6.07 Å². The second kappa shape index (κ2) is 5.35. The van der Waals surface area contributed by atoms with Crippen LogP contribution in [0.1, 0.15) is 18.5 Å². The summed E-state index contributed by atoms with van der Waals surface area (Å²) in [7, 11) is 0. The molecule has 0 radical (unpaired) electrons. The summed E-state index contributed by atoms with van der Waals surface area (Å²) in [6.07, 6.45) is 1.89. The number of aliphatic hydroxyl groups is 1. The third-order valence-electron chi connectivity index (χ3n) is 3.08. The molecule has 1 aliphatic heterocycles. The minimum absolute atomic E-state index is 0.232. The van der Waals surface area contributed by atoms with Crippen LogP contribution in [0.4, 0.5) is 5.82 Å². The Hall–Kier alpha value is -1.31. The van der Waals surface area contributed by atoms with Crippen molar-refractivity contribution < 1.29 is 5.11 Å². The molecule has 1 saturated heterocycles. The molecule has 0 aromatic carbocycles. The first-order valence-electron chi connectivity index (χ1n) is 5.67. The number of hydrogen-bond acceptors (Lipinski definition) is 4. The van der Waals surface area contributed by atoms with Crippen molar-refractivity contribution >= 4 is 17.4 Å². The van der Waals surface area contributed by atoms with Gasteiger partial charge in [0.15, 0.2) is 5.69 Å². The zero-order valence-corrected chi connectivity index (χ0v) is 10.2. The maximum absolute atomic E-state index is 8.91. The van der Waals surface area contributed by atoms with Crippen LogP contribution >= 0.6 is 11.6 Å². The van der Waals surface area contributed by atoms with Crippen LogP contribution in [0.5, 0.6) is 0 Å². The Bertz CT molecular complexity index is 444. The number of anilines is 1. The second-order valence-corrected chi connectivity index (χ2v) is 4.63. The highest BCUT2D eigenvalue weighted by atomic mass is 35.5. The van der Waals surface area contributed by atoms with Crippen molar-refractivity contribution in [3.8, 4) is 6.07 Å². The molecule has 90 valence electrons. The van der Waals surface area contributed by atoms with Gasteiger partial charge in [-0.25, -0.2) is 4.98 Å². The molecule has 0 saturated carbocycles. The van der Waals surface area contributed by atoms with Gasteiger partial charge in [-0.2, -0.15) is 5.26 Å². The Morgan fingerprint density at radius 2 is 2.41 bits per heavy atom. The van der Waals surface area contributed by atoms with Crippen molar-refractivity contribution in [3.63, 3.8) is 0 Å². The van der Waals surface area contributed by atoms with Crippen LogP contribution in [0.15, 0.2) is 12.1 Å². The van der Waals surface area contributed by atoms with Crippen molar-refractivity contribution in [2.24, 2.45) is 5.92 Å². The summed E-state index contributed by atoms with van der Waals surface area (Å²) in [6.45, 7) is 2.04. The fourth-order valence-corrected chi connectivity index (χ4v) is 2.29. The fourth-order valence-electron chi connectivity index (χ4n) is 2.15. The van der Waals surface area contributed by atoms with Gasteiger partial charge in [-0.3, -0.25) is 0 Å². The number of aromatic nitrogens is 1. The third-order valence-corrected chi connectivity index (χ3v) is 3.39. The van der Waals surface area contributed by atoms with Crippen LogP contribution in [0, 0.1) is 17.2 Å². The van der Waals surface area contributed by atoms with E-state index in [4.69, 9.17) is 22.0 Å². The van der Waals surface area contributed by atoms with Gasteiger partial charge in [0.05, 0.1) is 5.02 Å². The normalized spacial score (nSPS) is 19.4. The molecule has 2 heterocycles. The summed E-state index contributed by atoms with van der Waals surface area (Å²) in [4.78, 5) is 6.37. The van der Waals surface area contributed by atoms with Gasteiger partial charge >= 0.3 is 0 Å². The first-order chi connectivity index (χ1) is 8.24. The van der Waals surface area contributed by atoms with E-state index in [1.165, 1.54) is 0 Å². The lowest BCUT2D eigenvalue weighted by atomic mass is 10.1. The van der Waals surface area contributed by atoms with Gasteiger partial charge in [-0.05, 0) is 30.9 Å². The number of rotatable bonds is 3. The second-order valence-electron chi connectivity index (χ2n) is 4.22. The Kier molecular flexibility index (Phi) is 3.82. The monoisotopic (exact) mass is 251 g/mol. The molecular formula is C12H14ClN3O. The minimum atomic E-state index is 0.232. The topological polar surface area (TPSA) is 60.2 Å². The van der Waals surface area contributed by atoms with E-state index < -0.39 is 0 Å². The Balaban J connectivity index is 2.11. The Morgan fingerprint density at radius 3 is 3.12 bits per heavy atom. The molecule has 0 spiro atoms. The first kappa shape index (κ1) is 12.2. The summed E-state index contributed by atoms with van der Waals surface area (Å²) < 4.78 is 0. The molecule has 1 N–H and O–H groups in total. The number of aliphatic hydroxyl groups excluding tert-OH is 1. The summed E-state index contributed by atoms with van der Waals surface area (Å²) in [5.41, 5.74) is 0.273. The van der Waals surface area contributed by atoms with Crippen molar-refractivity contribution in [2.45, 2.75) is 12.8 Å². The standard InChI is InChI=1S/C12H14ClN3O/c13-10-1-2-12(15-11(10)7-14)16-5-3-9(8-16)4-6-17/h1-2,9,17H,3-6,8H2. The molecule has 0 amide bonds. The predicted molar refractivity (Wildman–Crippen MR) is 66.0 cm³/mol. The van der Waals surface area contributed by atoms with Gasteiger partial charge in [-0.15, -0.1) is 0 Å². The van der Waals surface area contributed by atoms with Gasteiger partial charge < -0.3 is 10.0 Å². The van der Waals surface area contributed by atoms with Crippen molar-refractivity contribution in [2.75, 3.05) is 24.6 Å². The van der Waals surface area contributed by atoms with Crippen molar-refractivity contribution in [1.29, 1.82) is 5.26 Å². The SMILES string of the molecule is N#Cc1nc(N2CCC(CCO)C2)ccc1Cl. The van der Waals surface area contributed by atoms with E-state index in [0.29, 0.717) is 10.9 Å². The summed E-state index contributed by atoms with van der Waals surface area (Å²) in [6, 6.07) is 5.53. The maximum atomic E-state index is 8.91. The van der Waals surface area contributed by atoms with Gasteiger partial charge in [0.1, 0.15) is 11.9 Å². The number of pyridine rings is 1. The van der Waals surface area contributed by atoms with Gasteiger partial charge in [0.2, 0.25) is 0 Å². The Morgan fingerprint density at radius 1 is 1.59 bits per heavy atom. The molecule has 1 aromatic heterocycles. The average molecular weight is 252 g/mol. The highest BCUT2D eigenvalue weighted by molar-refractivity contribution is 6.31. The van der Waals surface area contributed by atoms with E-state index in [9.17, 15) is 0 Å². The molecule has 0 bridgehead atoms. The van der Waals surface area contributed by atoms with Gasteiger partial charge in [0.25, 0.3) is 0 Å². The minimum Gasteiger partial charge on any atom is -0.396 e. The number of hydrogen-bond donors (Lipinski definition) is 1. The molecule has 5 heteroatoms. The quantitative estimate of drug-likeness (QED) is 0.890. The lowest BCUT2D eigenvalue weighted by Gasteiger charge is -2.17. The zero-order chi connectivity index (χ0) is 12.3. The lowest BCUT2D eigenvalue weighted by Crippen LogP contribution is -2.21. The van der Waals surface area contributed by atoms with E-state index in [1.807, 2.05) is 12.1 Å². The van der Waals surface area contributed by atoms with Gasteiger partial charge in [-0.1, -0.05) is 11.6 Å². The molecule has 1 unspecified atom stereocenters. The third kappa shape index (κ3) is 2.68. The van der Waals surface area contributed by atoms with E-state index in [2.05, 4.69) is 9.88 Å². The van der Waals surface area contributed by atoms with Crippen LogP contribution in [0.3, 0.4) is 0 Å². The zero-order valence-electron chi connectivity index (χ0n) is 9.43. The van der Waals surface area contributed by atoms with E-state index >= 15 is 0 Å². The largest absolute Gasteiger partial charge is 0.396 e. The lowest BCUT2D eigenvalue weighted by molar-refractivity contribution is 0.263. The van der Waals surface area contributed by atoms with Crippen molar-refractivity contribution in [3.05, 3.63) is 22.8 Å². The van der Waals surface area contributed by atoms with Crippen molar-refractivity contribution in [1.82, 2.24) is 4.98 Å². The van der Waals surface area contributed by atoms with Crippen LogP contribution in [-0.4, -0.2) is 29.8 Å². The summed E-state index contributed by atoms with van der Waals surface area (Å²) in [5, 5.41) is 18.2. The van der Waals surface area contributed by atoms with Gasteiger partial charge in [0, 0.05) is 19.7 Å². The Labute approximate surface area is 105 Å². The fraction of sp³-hybridized carbons (Fsp3) is 0.500. The molecule has 0 aliphatic carbocycles. The van der Waals surface area contributed by atoms with E-state index in [0.717, 1.165) is 31.7 Å².